The minimum atomic E-state index is -2.90. The molecule has 1 unspecified atom stereocenters. The number of alkyl halides is 2. The topological polar surface area (TPSA) is 81.9 Å². The standard InChI is InChI=1S/C17H14ClF2N5O2S/c1-10(15(26)21-12-4-8-14(9-5-12)27-16(19)20)28-17-22-23-24-25(17)13-6-2-11(18)3-7-13/h2-10,16H,1H3,(H,21,26). The molecule has 7 nitrogen and oxygen atoms in total. The number of nitrogens with one attached hydrogen (secondary N) is 1. The number of nitrogens with zero attached hydrogens (tertiary/aromatic N) is 4. The van der Waals surface area contributed by atoms with Gasteiger partial charge in [-0.2, -0.15) is 13.5 Å². The van der Waals surface area contributed by atoms with Gasteiger partial charge in [-0.3, -0.25) is 4.79 Å². The molecule has 1 atom stereocenters. The second-order valence-electron chi connectivity index (χ2n) is 5.50. The van der Waals surface area contributed by atoms with E-state index >= 15 is 0 Å². The predicted octanol–water partition coefficient (Wildman–Crippen LogP) is 4.04. The van der Waals surface area contributed by atoms with Crippen LogP contribution in [0.3, 0.4) is 0 Å². The van der Waals surface area contributed by atoms with Crippen LogP contribution in [0.2, 0.25) is 5.02 Å². The minimum Gasteiger partial charge on any atom is -0.435 e. The van der Waals surface area contributed by atoms with Crippen molar-refractivity contribution in [3.05, 3.63) is 53.6 Å². The number of hydrogen-bond donors (Lipinski definition) is 1. The first-order chi connectivity index (χ1) is 13.4. The molecule has 0 aliphatic heterocycles. The Hall–Kier alpha value is -2.72. The third kappa shape index (κ3) is 5.17. The van der Waals surface area contributed by atoms with E-state index in [1.165, 1.54) is 40.7 Å². The Morgan fingerprint density at radius 2 is 1.86 bits per heavy atom. The first-order valence-electron chi connectivity index (χ1n) is 7.99. The molecule has 1 heterocycles. The molecule has 0 fully saturated rings. The van der Waals surface area contributed by atoms with Gasteiger partial charge in [-0.05, 0) is 65.9 Å². The summed E-state index contributed by atoms with van der Waals surface area (Å²) in [5, 5.41) is 14.7. The predicted molar refractivity (Wildman–Crippen MR) is 101 cm³/mol. The van der Waals surface area contributed by atoms with Gasteiger partial charge in [-0.15, -0.1) is 5.10 Å². The summed E-state index contributed by atoms with van der Waals surface area (Å²) in [7, 11) is 0. The molecular formula is C17H14ClF2N5O2S. The van der Waals surface area contributed by atoms with Gasteiger partial charge in [0.05, 0.1) is 10.9 Å². The Morgan fingerprint density at radius 3 is 2.50 bits per heavy atom. The van der Waals surface area contributed by atoms with Gasteiger partial charge in [0.15, 0.2) is 0 Å². The molecule has 0 bridgehead atoms. The number of hydrogen-bond acceptors (Lipinski definition) is 6. The highest BCUT2D eigenvalue weighted by Gasteiger charge is 2.19. The van der Waals surface area contributed by atoms with Crippen LogP contribution in [0.5, 0.6) is 5.75 Å². The summed E-state index contributed by atoms with van der Waals surface area (Å²) >= 11 is 7.06. The number of anilines is 1. The van der Waals surface area contributed by atoms with E-state index in [0.29, 0.717) is 21.6 Å². The van der Waals surface area contributed by atoms with Crippen LogP contribution in [-0.4, -0.2) is 38.0 Å². The van der Waals surface area contributed by atoms with Gasteiger partial charge in [0, 0.05) is 10.7 Å². The van der Waals surface area contributed by atoms with Crippen molar-refractivity contribution in [1.29, 1.82) is 0 Å². The Kier molecular flexibility index (Phi) is 6.42. The molecule has 0 aliphatic rings. The Balaban J connectivity index is 1.63. The molecule has 0 aliphatic carbocycles. The van der Waals surface area contributed by atoms with E-state index < -0.39 is 11.9 Å². The van der Waals surface area contributed by atoms with Crippen LogP contribution in [0.15, 0.2) is 53.7 Å². The lowest BCUT2D eigenvalue weighted by molar-refractivity contribution is -0.115. The third-order valence-electron chi connectivity index (χ3n) is 3.51. The van der Waals surface area contributed by atoms with Gasteiger partial charge >= 0.3 is 6.61 Å². The monoisotopic (exact) mass is 425 g/mol. The molecule has 2 aromatic carbocycles. The molecule has 28 heavy (non-hydrogen) atoms. The van der Waals surface area contributed by atoms with Gasteiger partial charge in [-0.1, -0.05) is 23.4 Å². The summed E-state index contributed by atoms with van der Waals surface area (Å²) in [5.41, 5.74) is 1.16. The fourth-order valence-electron chi connectivity index (χ4n) is 2.17. The van der Waals surface area contributed by atoms with Crippen LogP contribution in [-0.2, 0) is 4.79 Å². The van der Waals surface area contributed by atoms with Crippen LogP contribution in [0.25, 0.3) is 5.69 Å². The van der Waals surface area contributed by atoms with Gasteiger partial charge < -0.3 is 10.1 Å². The average Bonchev–Trinajstić information content (AvgIpc) is 3.11. The molecule has 1 aromatic heterocycles. The van der Waals surface area contributed by atoms with Crippen molar-refractivity contribution in [2.24, 2.45) is 0 Å². The van der Waals surface area contributed by atoms with Crippen LogP contribution in [0, 0.1) is 0 Å². The highest BCUT2D eigenvalue weighted by Crippen LogP contribution is 2.25. The number of ether oxygens (including phenoxy) is 1. The molecule has 3 aromatic rings. The van der Waals surface area contributed by atoms with E-state index in [0.717, 1.165) is 0 Å². The molecule has 1 N–H and O–H groups in total. The SMILES string of the molecule is CC(Sc1nnnn1-c1ccc(Cl)cc1)C(=O)Nc1ccc(OC(F)F)cc1. The van der Waals surface area contributed by atoms with Gasteiger partial charge in [0.25, 0.3) is 0 Å². The maximum absolute atomic E-state index is 12.4. The molecule has 0 saturated heterocycles. The number of aromatic nitrogens is 4. The van der Waals surface area contributed by atoms with E-state index in [-0.39, 0.29) is 11.7 Å². The molecule has 0 saturated carbocycles. The van der Waals surface area contributed by atoms with Crippen LogP contribution >= 0.6 is 23.4 Å². The Labute approximate surface area is 168 Å². The van der Waals surface area contributed by atoms with Gasteiger partial charge in [-0.25, -0.2) is 0 Å². The lowest BCUT2D eigenvalue weighted by Gasteiger charge is -2.12. The molecule has 0 spiro atoms. The van der Waals surface area contributed by atoms with Crippen molar-refractivity contribution in [3.63, 3.8) is 0 Å². The number of amides is 1. The van der Waals surface area contributed by atoms with Crippen LogP contribution in [0.4, 0.5) is 14.5 Å². The lowest BCUT2D eigenvalue weighted by Crippen LogP contribution is -2.22. The Bertz CT molecular complexity index is 937. The summed E-state index contributed by atoms with van der Waals surface area (Å²) in [4.78, 5) is 12.4. The molecule has 1 amide bonds. The summed E-state index contributed by atoms with van der Waals surface area (Å²) in [6, 6.07) is 12.6. The van der Waals surface area contributed by atoms with E-state index in [1.54, 1.807) is 31.2 Å². The molecule has 11 heteroatoms. The average molecular weight is 426 g/mol. The van der Waals surface area contributed by atoms with E-state index in [9.17, 15) is 13.6 Å². The fourth-order valence-corrected chi connectivity index (χ4v) is 3.11. The zero-order valence-corrected chi connectivity index (χ0v) is 16.0. The normalized spacial score (nSPS) is 12.0. The first kappa shape index (κ1) is 20.0. The summed E-state index contributed by atoms with van der Waals surface area (Å²) < 4.78 is 30.1. The smallest absolute Gasteiger partial charge is 0.387 e. The Morgan fingerprint density at radius 1 is 1.18 bits per heavy atom. The van der Waals surface area contributed by atoms with Crippen molar-refractivity contribution in [1.82, 2.24) is 20.2 Å². The number of thioether (sulfide) groups is 1. The highest BCUT2D eigenvalue weighted by molar-refractivity contribution is 8.00. The third-order valence-corrected chi connectivity index (χ3v) is 4.80. The van der Waals surface area contributed by atoms with Crippen molar-refractivity contribution >= 4 is 35.0 Å². The summed E-state index contributed by atoms with van der Waals surface area (Å²) in [5.74, 6) is -0.282. The molecular weight excluding hydrogens is 412 g/mol. The zero-order chi connectivity index (χ0) is 20.1. The quantitative estimate of drug-likeness (QED) is 0.575. The lowest BCUT2D eigenvalue weighted by atomic mass is 10.3. The highest BCUT2D eigenvalue weighted by atomic mass is 35.5. The van der Waals surface area contributed by atoms with Crippen molar-refractivity contribution < 1.29 is 18.3 Å². The number of carbonyl (C=O) groups is 1. The number of benzene rings is 2. The maximum Gasteiger partial charge on any atom is 0.387 e. The zero-order valence-electron chi connectivity index (χ0n) is 14.4. The number of carbonyl (C=O) groups excluding carboxylic acids is 1. The van der Waals surface area contributed by atoms with Gasteiger partial charge in [0.1, 0.15) is 5.75 Å². The van der Waals surface area contributed by atoms with E-state index in [1.807, 2.05) is 0 Å². The number of tetrazole rings is 1. The minimum absolute atomic E-state index is 0.0116. The van der Waals surface area contributed by atoms with E-state index in [2.05, 4.69) is 25.6 Å². The van der Waals surface area contributed by atoms with E-state index in [4.69, 9.17) is 11.6 Å². The van der Waals surface area contributed by atoms with Crippen molar-refractivity contribution in [3.8, 4) is 11.4 Å². The molecule has 146 valence electrons. The van der Waals surface area contributed by atoms with Crippen molar-refractivity contribution in [2.45, 2.75) is 23.9 Å². The van der Waals surface area contributed by atoms with Crippen LogP contribution in [0.1, 0.15) is 6.92 Å². The molecule has 0 radical (unpaired) electrons. The first-order valence-corrected chi connectivity index (χ1v) is 9.25. The summed E-state index contributed by atoms with van der Waals surface area (Å²) in [6.45, 7) is -1.20. The second-order valence-corrected chi connectivity index (χ2v) is 7.25. The van der Waals surface area contributed by atoms with Crippen LogP contribution < -0.4 is 10.1 Å². The summed E-state index contributed by atoms with van der Waals surface area (Å²) in [6.07, 6.45) is 0. The van der Waals surface area contributed by atoms with Gasteiger partial charge in [0.2, 0.25) is 11.1 Å². The van der Waals surface area contributed by atoms with Crippen molar-refractivity contribution in [2.75, 3.05) is 5.32 Å². The maximum atomic E-state index is 12.4. The fraction of sp³-hybridized carbons (Fsp3) is 0.176. The largest absolute Gasteiger partial charge is 0.435 e. The second kappa shape index (κ2) is 8.98. The number of halogens is 3. The molecule has 3 rings (SSSR count). The number of rotatable bonds is 7.